The van der Waals surface area contributed by atoms with Gasteiger partial charge in [0.1, 0.15) is 0 Å². The zero-order valence-electron chi connectivity index (χ0n) is 13.2. The zero-order chi connectivity index (χ0) is 15.6. The van der Waals surface area contributed by atoms with Crippen LogP contribution in [0.4, 0.5) is 8.78 Å². The zero-order valence-corrected chi connectivity index (χ0v) is 13.2. The highest BCUT2D eigenvalue weighted by molar-refractivity contribution is 5.34. The average Bonchev–Trinajstić information content (AvgIpc) is 2.52. The van der Waals surface area contributed by atoms with E-state index in [4.69, 9.17) is 4.74 Å². The first kappa shape index (κ1) is 18.8. The number of nitrogens with one attached hydrogen (secondary N) is 1. The van der Waals surface area contributed by atoms with Crippen LogP contribution in [0, 0.1) is 5.82 Å². The Balaban J connectivity index is 0.000000829. The molecule has 116 valence electrons. The summed E-state index contributed by atoms with van der Waals surface area (Å²) < 4.78 is 28.1. The monoisotopic (exact) mass is 287 g/mol. The molecule has 2 rings (SSSR count). The van der Waals surface area contributed by atoms with Crippen LogP contribution in [-0.4, -0.2) is 27.4 Å². The van der Waals surface area contributed by atoms with Crippen LogP contribution < -0.4 is 10.1 Å². The van der Waals surface area contributed by atoms with Crippen LogP contribution in [0.2, 0.25) is 0 Å². The second kappa shape index (κ2) is 9.70. The molecule has 0 bridgehead atoms. The molecule has 2 nitrogen and oxygen atoms in total. The van der Waals surface area contributed by atoms with E-state index in [-0.39, 0.29) is 11.2 Å². The largest absolute Gasteiger partial charge is 0.494 e. The first-order chi connectivity index (χ1) is 9.65. The van der Waals surface area contributed by atoms with Gasteiger partial charge in [0, 0.05) is 0 Å². The van der Waals surface area contributed by atoms with Crippen molar-refractivity contribution in [1.29, 1.82) is 0 Å². The number of rotatable bonds is 2. The summed E-state index contributed by atoms with van der Waals surface area (Å²) in [5.41, 5.74) is 1.17. The Morgan fingerprint density at radius 2 is 1.70 bits per heavy atom. The molecule has 1 aromatic rings. The van der Waals surface area contributed by atoms with Gasteiger partial charge in [-0.2, -0.15) is 0 Å². The van der Waals surface area contributed by atoms with Gasteiger partial charge in [-0.05, 0) is 49.0 Å². The number of hydrogen-bond donors (Lipinski definition) is 1. The van der Waals surface area contributed by atoms with Crippen molar-refractivity contribution >= 4 is 0 Å². The summed E-state index contributed by atoms with van der Waals surface area (Å²) in [5.74, 6) is 0.0565. The Morgan fingerprint density at radius 1 is 1.15 bits per heavy atom. The van der Waals surface area contributed by atoms with Crippen LogP contribution in [0.1, 0.15) is 39.2 Å². The normalized spacial score (nSPS) is 16.1. The van der Waals surface area contributed by atoms with Gasteiger partial charge in [0.05, 0.1) is 14.3 Å². The molecule has 20 heavy (non-hydrogen) atoms. The van der Waals surface area contributed by atoms with Crippen molar-refractivity contribution in [3.05, 3.63) is 29.6 Å². The fourth-order valence-corrected chi connectivity index (χ4v) is 2.31. The third-order valence-corrected chi connectivity index (χ3v) is 3.56. The summed E-state index contributed by atoms with van der Waals surface area (Å²) in [7, 11) is 1.99. The lowest BCUT2D eigenvalue weighted by atomic mass is 9.75. The van der Waals surface area contributed by atoms with Gasteiger partial charge in [-0.25, -0.2) is 4.39 Å². The number of halogens is 2. The predicted octanol–water partition coefficient (Wildman–Crippen LogP) is 4.09. The van der Waals surface area contributed by atoms with E-state index < -0.39 is 0 Å². The summed E-state index contributed by atoms with van der Waals surface area (Å²) in [6.07, 6.45) is 2.11. The number of piperidine rings is 1. The van der Waals surface area contributed by atoms with Crippen molar-refractivity contribution in [2.75, 3.05) is 27.4 Å². The Labute approximate surface area is 121 Å². The summed E-state index contributed by atoms with van der Waals surface area (Å²) in [4.78, 5) is 0. The van der Waals surface area contributed by atoms with Crippen LogP contribution in [-0.2, 0) is 5.41 Å². The molecule has 0 saturated carbocycles. The molecule has 1 N–H and O–H groups in total. The maximum atomic E-state index is 13.6. The Morgan fingerprint density at radius 3 is 2.15 bits per heavy atom. The molecule has 1 heterocycles. The third-order valence-electron chi connectivity index (χ3n) is 3.56. The van der Waals surface area contributed by atoms with Gasteiger partial charge in [-0.15, -0.1) is 0 Å². The van der Waals surface area contributed by atoms with Gasteiger partial charge in [0.25, 0.3) is 0 Å². The molecule has 0 unspecified atom stereocenters. The first-order valence-corrected chi connectivity index (χ1v) is 7.08. The number of benzene rings is 1. The molecule has 0 aromatic heterocycles. The van der Waals surface area contributed by atoms with Crippen LogP contribution in [0.15, 0.2) is 18.2 Å². The molecule has 0 atom stereocenters. The van der Waals surface area contributed by atoms with Gasteiger partial charge >= 0.3 is 0 Å². The van der Waals surface area contributed by atoms with Crippen molar-refractivity contribution in [2.24, 2.45) is 0 Å². The highest BCUT2D eigenvalue weighted by atomic mass is 19.1. The lowest BCUT2D eigenvalue weighted by molar-refractivity contribution is 0.332. The van der Waals surface area contributed by atoms with Crippen LogP contribution in [0.3, 0.4) is 0 Å². The molecule has 4 heteroatoms. The van der Waals surface area contributed by atoms with Crippen LogP contribution in [0.5, 0.6) is 5.75 Å². The molecule has 0 radical (unpaired) electrons. The van der Waals surface area contributed by atoms with E-state index in [9.17, 15) is 8.78 Å². The van der Waals surface area contributed by atoms with E-state index in [1.54, 1.807) is 12.1 Å². The van der Waals surface area contributed by atoms with E-state index >= 15 is 0 Å². The SMILES string of the molecule is CC.CF.COc1ccc(C2(C)CCNCC2)cc1F. The summed E-state index contributed by atoms with van der Waals surface area (Å²) in [6, 6.07) is 5.31. The highest BCUT2D eigenvalue weighted by Gasteiger charge is 2.29. The molecule has 1 fully saturated rings. The topological polar surface area (TPSA) is 21.3 Å². The maximum absolute atomic E-state index is 13.6. The Kier molecular flexibility index (Phi) is 9.14. The summed E-state index contributed by atoms with van der Waals surface area (Å²) >= 11 is 0. The second-order valence-electron chi connectivity index (χ2n) is 4.66. The lowest BCUT2D eigenvalue weighted by Crippen LogP contribution is -2.37. The average molecular weight is 287 g/mol. The van der Waals surface area contributed by atoms with Crippen LogP contribution in [0.25, 0.3) is 0 Å². The van der Waals surface area contributed by atoms with Gasteiger partial charge < -0.3 is 10.1 Å². The summed E-state index contributed by atoms with van der Waals surface area (Å²) in [6.45, 7) is 8.21. The fraction of sp³-hybridized carbons (Fsp3) is 0.625. The number of ether oxygens (including phenoxy) is 1. The molecule has 0 spiro atoms. The maximum Gasteiger partial charge on any atom is 0.165 e. The smallest absolute Gasteiger partial charge is 0.165 e. The van der Waals surface area contributed by atoms with Gasteiger partial charge in [-0.3, -0.25) is 4.39 Å². The van der Waals surface area contributed by atoms with Crippen molar-refractivity contribution < 1.29 is 13.5 Å². The van der Waals surface area contributed by atoms with E-state index in [1.165, 1.54) is 7.11 Å². The van der Waals surface area contributed by atoms with E-state index in [2.05, 4.69) is 12.2 Å². The molecular weight excluding hydrogens is 260 g/mol. The molecule has 0 aliphatic carbocycles. The minimum Gasteiger partial charge on any atom is -0.494 e. The fourth-order valence-electron chi connectivity index (χ4n) is 2.31. The van der Waals surface area contributed by atoms with Gasteiger partial charge in [-0.1, -0.05) is 26.8 Å². The number of alkyl halides is 1. The minimum absolute atomic E-state index is 0.0956. The van der Waals surface area contributed by atoms with E-state index in [0.717, 1.165) is 31.5 Å². The third kappa shape index (κ3) is 4.75. The van der Waals surface area contributed by atoms with Crippen LogP contribution >= 0.6 is 0 Å². The quantitative estimate of drug-likeness (QED) is 0.884. The van der Waals surface area contributed by atoms with Crippen molar-refractivity contribution in [3.8, 4) is 5.75 Å². The van der Waals surface area contributed by atoms with Gasteiger partial charge in [0.15, 0.2) is 11.6 Å². The number of methoxy groups -OCH3 is 1. The lowest BCUT2D eigenvalue weighted by Gasteiger charge is -2.34. The Bertz CT molecular complexity index is 377. The molecule has 1 aromatic carbocycles. The first-order valence-electron chi connectivity index (χ1n) is 7.08. The van der Waals surface area contributed by atoms with E-state index in [1.807, 2.05) is 19.9 Å². The van der Waals surface area contributed by atoms with E-state index in [0.29, 0.717) is 12.9 Å². The molecule has 1 saturated heterocycles. The molecular formula is C16H27F2NO. The van der Waals surface area contributed by atoms with Gasteiger partial charge in [0.2, 0.25) is 0 Å². The molecule has 1 aliphatic rings. The summed E-state index contributed by atoms with van der Waals surface area (Å²) in [5, 5.41) is 3.33. The highest BCUT2D eigenvalue weighted by Crippen LogP contribution is 2.34. The molecule has 0 amide bonds. The van der Waals surface area contributed by atoms with Crippen molar-refractivity contribution in [1.82, 2.24) is 5.32 Å². The predicted molar refractivity (Wildman–Crippen MR) is 80.8 cm³/mol. The Hall–Kier alpha value is -1.16. The number of hydrogen-bond acceptors (Lipinski definition) is 2. The minimum atomic E-state index is -0.264. The standard InChI is InChI=1S/C13H18FNO.C2H6.CH3F/c1-13(5-7-15-8-6-13)10-3-4-12(16-2)11(14)9-10;2*1-2/h3-4,9,15H,5-8H2,1-2H3;1-2H3;1H3. The van der Waals surface area contributed by atoms with Crippen molar-refractivity contribution in [2.45, 2.75) is 39.0 Å². The van der Waals surface area contributed by atoms with Crippen molar-refractivity contribution in [3.63, 3.8) is 0 Å². The molecule has 1 aliphatic heterocycles. The second-order valence-corrected chi connectivity index (χ2v) is 4.66.